The van der Waals surface area contributed by atoms with Crippen molar-refractivity contribution >= 4 is 17.7 Å². The van der Waals surface area contributed by atoms with E-state index in [1.54, 1.807) is 0 Å². The summed E-state index contributed by atoms with van der Waals surface area (Å²) < 4.78 is 10.7. The Hall–Kier alpha value is -2.68. The van der Waals surface area contributed by atoms with E-state index in [1.165, 1.54) is 24.3 Å². The SMILES string of the molecule is NC(=O)CCO[C@H]1CC2(C[C@H](NC(=O)Oc3ccc([N+](=O)[O-])cc3)C2)C1. The van der Waals surface area contributed by atoms with Gasteiger partial charge in [0.15, 0.2) is 0 Å². The number of amides is 2. The Morgan fingerprint density at radius 3 is 2.46 bits per heavy atom. The molecule has 2 fully saturated rings. The number of primary amides is 1. The molecule has 0 aliphatic heterocycles. The van der Waals surface area contributed by atoms with Crippen LogP contribution in [0.25, 0.3) is 0 Å². The second kappa shape index (κ2) is 7.28. The van der Waals surface area contributed by atoms with Crippen molar-refractivity contribution in [2.45, 2.75) is 44.2 Å². The maximum absolute atomic E-state index is 11.9. The molecular weight excluding hydrogens is 342 g/mol. The highest BCUT2D eigenvalue weighted by Gasteiger charge is 2.53. The molecule has 0 radical (unpaired) electrons. The molecule has 0 aromatic heterocycles. The molecule has 0 bridgehead atoms. The van der Waals surface area contributed by atoms with Gasteiger partial charge >= 0.3 is 6.09 Å². The second-order valence-corrected chi connectivity index (χ2v) is 7.01. The van der Waals surface area contributed by atoms with Crippen molar-refractivity contribution < 1.29 is 24.0 Å². The lowest BCUT2D eigenvalue weighted by atomic mass is 9.53. The van der Waals surface area contributed by atoms with Crippen LogP contribution in [0.2, 0.25) is 0 Å². The molecule has 1 aromatic carbocycles. The number of nitro benzene ring substituents is 1. The van der Waals surface area contributed by atoms with Crippen molar-refractivity contribution in [1.29, 1.82) is 0 Å². The Kier molecular flexibility index (Phi) is 5.08. The molecule has 2 saturated carbocycles. The molecule has 3 rings (SSSR count). The third-order valence-electron chi connectivity index (χ3n) is 4.96. The van der Waals surface area contributed by atoms with Crippen LogP contribution in [0, 0.1) is 15.5 Å². The van der Waals surface area contributed by atoms with Crippen LogP contribution >= 0.6 is 0 Å². The highest BCUT2D eigenvalue weighted by molar-refractivity contribution is 5.73. The maximum atomic E-state index is 11.9. The first kappa shape index (κ1) is 18.1. The molecule has 0 atom stereocenters. The summed E-state index contributed by atoms with van der Waals surface area (Å²) in [7, 11) is 0. The Bertz CT molecular complexity index is 691. The number of nitrogens with two attached hydrogens (primary N) is 1. The highest BCUT2D eigenvalue weighted by Crippen LogP contribution is 2.56. The summed E-state index contributed by atoms with van der Waals surface area (Å²) in [6.45, 7) is 0.360. The summed E-state index contributed by atoms with van der Waals surface area (Å²) in [5, 5.41) is 13.4. The van der Waals surface area contributed by atoms with Gasteiger partial charge in [-0.3, -0.25) is 14.9 Å². The second-order valence-electron chi connectivity index (χ2n) is 7.01. The van der Waals surface area contributed by atoms with E-state index in [0.717, 1.165) is 25.7 Å². The lowest BCUT2D eigenvalue weighted by Crippen LogP contribution is -2.58. The summed E-state index contributed by atoms with van der Waals surface area (Å²) in [6, 6.07) is 5.41. The zero-order valence-electron chi connectivity index (χ0n) is 14.2. The van der Waals surface area contributed by atoms with Crippen LogP contribution in [-0.4, -0.2) is 35.7 Å². The van der Waals surface area contributed by atoms with Crippen molar-refractivity contribution in [2.75, 3.05) is 6.61 Å². The first-order chi connectivity index (χ1) is 12.3. The van der Waals surface area contributed by atoms with E-state index in [0.29, 0.717) is 6.61 Å². The van der Waals surface area contributed by atoms with Gasteiger partial charge in [-0.25, -0.2) is 4.79 Å². The molecule has 9 heteroatoms. The normalized spacial score (nSPS) is 26.5. The van der Waals surface area contributed by atoms with Crippen LogP contribution in [-0.2, 0) is 9.53 Å². The number of hydrogen-bond acceptors (Lipinski definition) is 6. The zero-order valence-corrected chi connectivity index (χ0v) is 14.2. The monoisotopic (exact) mass is 363 g/mol. The molecule has 1 aromatic rings. The summed E-state index contributed by atoms with van der Waals surface area (Å²) in [4.78, 5) is 32.6. The number of benzene rings is 1. The summed E-state index contributed by atoms with van der Waals surface area (Å²) >= 11 is 0. The van der Waals surface area contributed by atoms with E-state index in [4.69, 9.17) is 15.2 Å². The Morgan fingerprint density at radius 2 is 1.88 bits per heavy atom. The fourth-order valence-corrected chi connectivity index (χ4v) is 3.71. The average molecular weight is 363 g/mol. The van der Waals surface area contributed by atoms with Gasteiger partial charge in [0, 0.05) is 24.6 Å². The molecule has 0 unspecified atom stereocenters. The zero-order chi connectivity index (χ0) is 18.7. The quantitative estimate of drug-likeness (QED) is 0.561. The molecule has 1 spiro atoms. The predicted octanol–water partition coefficient (Wildman–Crippen LogP) is 1.89. The van der Waals surface area contributed by atoms with E-state index in [-0.39, 0.29) is 41.3 Å². The molecule has 140 valence electrons. The molecule has 3 N–H and O–H groups in total. The number of hydrogen-bond donors (Lipinski definition) is 2. The van der Waals surface area contributed by atoms with Crippen molar-refractivity contribution in [1.82, 2.24) is 5.32 Å². The minimum absolute atomic E-state index is 0.0590. The van der Waals surface area contributed by atoms with E-state index in [1.807, 2.05) is 0 Å². The van der Waals surface area contributed by atoms with Crippen molar-refractivity contribution in [2.24, 2.45) is 11.1 Å². The van der Waals surface area contributed by atoms with E-state index < -0.39 is 11.0 Å². The standard InChI is InChI=1S/C17H21N3O6/c18-15(21)5-6-25-14-9-17(10-14)7-11(8-17)19-16(22)26-13-3-1-12(2-4-13)20(23)24/h1-4,11,14H,5-10H2,(H2,18,21)(H,19,22)/t11-,14-,17?. The summed E-state index contributed by atoms with van der Waals surface area (Å²) in [5.41, 5.74) is 5.23. The largest absolute Gasteiger partial charge is 0.412 e. The van der Waals surface area contributed by atoms with Gasteiger partial charge in [-0.2, -0.15) is 0 Å². The van der Waals surface area contributed by atoms with E-state index in [9.17, 15) is 19.7 Å². The topological polar surface area (TPSA) is 134 Å². The Labute approximate surface area is 150 Å². The first-order valence-corrected chi connectivity index (χ1v) is 8.48. The van der Waals surface area contributed by atoms with Gasteiger partial charge in [-0.15, -0.1) is 0 Å². The number of nitro groups is 1. The number of non-ortho nitro benzene ring substituents is 1. The van der Waals surface area contributed by atoms with Crippen LogP contribution < -0.4 is 15.8 Å². The minimum Gasteiger partial charge on any atom is -0.410 e. The molecule has 0 saturated heterocycles. The molecule has 26 heavy (non-hydrogen) atoms. The number of carbonyl (C=O) groups excluding carboxylic acids is 2. The lowest BCUT2D eigenvalue weighted by Gasteiger charge is -2.57. The fraction of sp³-hybridized carbons (Fsp3) is 0.529. The van der Waals surface area contributed by atoms with Gasteiger partial charge in [0.2, 0.25) is 5.91 Å². The van der Waals surface area contributed by atoms with Crippen molar-refractivity contribution in [3.63, 3.8) is 0 Å². The van der Waals surface area contributed by atoms with Gasteiger partial charge in [0.1, 0.15) is 5.75 Å². The van der Waals surface area contributed by atoms with Gasteiger partial charge in [0.05, 0.1) is 17.6 Å². The minimum atomic E-state index is -0.563. The predicted molar refractivity (Wildman–Crippen MR) is 90.5 cm³/mol. The first-order valence-electron chi connectivity index (χ1n) is 8.48. The van der Waals surface area contributed by atoms with Crippen LogP contribution in [0.4, 0.5) is 10.5 Å². The number of carbonyl (C=O) groups is 2. The van der Waals surface area contributed by atoms with Gasteiger partial charge in [-0.1, -0.05) is 0 Å². The Morgan fingerprint density at radius 1 is 1.23 bits per heavy atom. The smallest absolute Gasteiger partial charge is 0.410 e. The number of rotatable bonds is 7. The lowest BCUT2D eigenvalue weighted by molar-refractivity contribution is -0.384. The fourth-order valence-electron chi connectivity index (χ4n) is 3.71. The number of nitrogens with one attached hydrogen (secondary N) is 1. The van der Waals surface area contributed by atoms with Crippen molar-refractivity contribution in [3.05, 3.63) is 34.4 Å². The molecule has 2 amide bonds. The molecule has 2 aliphatic rings. The van der Waals surface area contributed by atoms with Crippen molar-refractivity contribution in [3.8, 4) is 5.75 Å². The molecule has 9 nitrogen and oxygen atoms in total. The maximum Gasteiger partial charge on any atom is 0.412 e. The average Bonchev–Trinajstić information content (AvgIpc) is 2.50. The van der Waals surface area contributed by atoms with E-state index in [2.05, 4.69) is 5.32 Å². The van der Waals surface area contributed by atoms with Gasteiger partial charge < -0.3 is 20.5 Å². The van der Waals surface area contributed by atoms with E-state index >= 15 is 0 Å². The molecule has 2 aliphatic carbocycles. The molecule has 0 heterocycles. The van der Waals surface area contributed by atoms with Gasteiger partial charge in [0.25, 0.3) is 5.69 Å². The van der Waals surface area contributed by atoms with Crippen LogP contribution in [0.15, 0.2) is 24.3 Å². The summed E-state index contributed by atoms with van der Waals surface area (Å²) in [6.07, 6.45) is 3.45. The highest BCUT2D eigenvalue weighted by atomic mass is 16.6. The molecular formula is C17H21N3O6. The number of nitrogens with zero attached hydrogens (tertiary/aromatic N) is 1. The summed E-state index contributed by atoms with van der Waals surface area (Å²) in [5.74, 6) is -0.104. The van der Waals surface area contributed by atoms with Crippen LogP contribution in [0.1, 0.15) is 32.1 Å². The third-order valence-corrected chi connectivity index (χ3v) is 4.96. The Balaban J connectivity index is 1.34. The number of ether oxygens (including phenoxy) is 2. The third kappa shape index (κ3) is 4.29. The van der Waals surface area contributed by atoms with Crippen LogP contribution in [0.3, 0.4) is 0 Å². The van der Waals surface area contributed by atoms with Gasteiger partial charge in [-0.05, 0) is 43.2 Å². The van der Waals surface area contributed by atoms with Crippen LogP contribution in [0.5, 0.6) is 5.75 Å².